The minimum Gasteiger partial charge on any atom is -0.349 e. The molecule has 6 nitrogen and oxygen atoms in total. The van der Waals surface area contributed by atoms with Crippen LogP contribution in [0.4, 0.5) is 34.0 Å². The Balaban J connectivity index is 2.06. The molecule has 0 unspecified atom stereocenters. The van der Waals surface area contributed by atoms with Crippen LogP contribution in [0, 0.1) is 6.57 Å². The summed E-state index contributed by atoms with van der Waals surface area (Å²) < 4.78 is 43.3. The summed E-state index contributed by atoms with van der Waals surface area (Å²) in [4.78, 5) is 10.3. The van der Waals surface area contributed by atoms with Crippen molar-refractivity contribution in [3.63, 3.8) is 0 Å². The summed E-state index contributed by atoms with van der Waals surface area (Å²) >= 11 is 2.41. The van der Waals surface area contributed by atoms with E-state index >= 15 is 0 Å². The summed E-state index contributed by atoms with van der Waals surface area (Å²) in [6.07, 6.45) is -4.41. The van der Waals surface area contributed by atoms with Crippen LogP contribution >= 0.6 is 22.9 Å². The SMILES string of the molecule is [C-]#[N+]c1c(C(C)(C)C)nsc1N=Nc1sc(N(CC)CC)nc1-c1ccc(C(F)(F)F)cc1. The maximum absolute atomic E-state index is 13.0. The molecule has 0 N–H and O–H groups in total. The highest BCUT2D eigenvalue weighted by atomic mass is 32.1. The molecule has 2 heterocycles. The number of anilines is 1. The van der Waals surface area contributed by atoms with Crippen molar-refractivity contribution in [1.29, 1.82) is 0 Å². The first kappa shape index (κ1) is 24.8. The Morgan fingerprint density at radius 1 is 1.03 bits per heavy atom. The molecular formula is C22H23F3N6S2. The van der Waals surface area contributed by atoms with E-state index in [0.29, 0.717) is 37.8 Å². The second kappa shape index (κ2) is 9.57. The molecular weight excluding hydrogens is 469 g/mol. The van der Waals surface area contributed by atoms with Crippen molar-refractivity contribution in [2.45, 2.75) is 46.2 Å². The van der Waals surface area contributed by atoms with Gasteiger partial charge in [0.1, 0.15) is 5.69 Å². The van der Waals surface area contributed by atoms with Crippen LogP contribution in [-0.2, 0) is 11.6 Å². The monoisotopic (exact) mass is 492 g/mol. The van der Waals surface area contributed by atoms with Gasteiger partial charge in [0.05, 0.1) is 17.8 Å². The molecule has 0 radical (unpaired) electrons. The van der Waals surface area contributed by atoms with Crippen molar-refractivity contribution >= 4 is 43.7 Å². The zero-order valence-corrected chi connectivity index (χ0v) is 20.5. The number of rotatable bonds is 6. The van der Waals surface area contributed by atoms with E-state index in [2.05, 4.69) is 24.4 Å². The van der Waals surface area contributed by atoms with Gasteiger partial charge >= 0.3 is 6.18 Å². The van der Waals surface area contributed by atoms with Gasteiger partial charge in [0.15, 0.2) is 15.1 Å². The highest BCUT2D eigenvalue weighted by molar-refractivity contribution is 7.19. The minimum atomic E-state index is -4.41. The topological polar surface area (TPSA) is 58.1 Å². The first-order valence-corrected chi connectivity index (χ1v) is 11.8. The zero-order valence-electron chi connectivity index (χ0n) is 18.9. The van der Waals surface area contributed by atoms with Crippen LogP contribution in [0.5, 0.6) is 0 Å². The molecule has 0 bridgehead atoms. The number of hydrogen-bond acceptors (Lipinski definition) is 7. The van der Waals surface area contributed by atoms with Gasteiger partial charge in [-0.1, -0.05) is 44.2 Å². The predicted molar refractivity (Wildman–Crippen MR) is 127 cm³/mol. The standard InChI is InChI=1S/C22H23F3N6S2/c1-7-31(8-2)20-27-15(13-9-11-14(12-10-13)22(23,24)25)18(32-20)28-29-19-16(26-6)17(30-33-19)21(3,4)5/h9-12H,7-8H2,1-5H3. The number of halogens is 3. The minimum absolute atomic E-state index is 0.310. The highest BCUT2D eigenvalue weighted by Gasteiger charge is 2.30. The van der Waals surface area contributed by atoms with Crippen LogP contribution < -0.4 is 4.90 Å². The summed E-state index contributed by atoms with van der Waals surface area (Å²) in [6, 6.07) is 4.83. The number of benzene rings is 1. The third kappa shape index (κ3) is 5.39. The van der Waals surface area contributed by atoms with Crippen LogP contribution in [-0.4, -0.2) is 22.4 Å². The van der Waals surface area contributed by atoms with E-state index in [-0.39, 0.29) is 5.41 Å². The van der Waals surface area contributed by atoms with Crippen molar-refractivity contribution in [2.75, 3.05) is 18.0 Å². The normalized spacial score (nSPS) is 12.3. The first-order valence-electron chi connectivity index (χ1n) is 10.2. The van der Waals surface area contributed by atoms with E-state index in [0.717, 1.165) is 36.8 Å². The Morgan fingerprint density at radius 2 is 1.64 bits per heavy atom. The molecule has 0 spiro atoms. The Hall–Kier alpha value is -2.84. The molecule has 0 saturated heterocycles. The summed E-state index contributed by atoms with van der Waals surface area (Å²) in [5.41, 5.74) is 0.944. The van der Waals surface area contributed by atoms with Gasteiger partial charge in [-0.2, -0.15) is 13.2 Å². The summed E-state index contributed by atoms with van der Waals surface area (Å²) in [7, 11) is 0. The van der Waals surface area contributed by atoms with E-state index in [1.54, 1.807) is 0 Å². The quantitative estimate of drug-likeness (QED) is 0.256. The molecule has 3 rings (SSSR count). The van der Waals surface area contributed by atoms with Crippen molar-refractivity contribution in [2.24, 2.45) is 10.2 Å². The Kier molecular flexibility index (Phi) is 7.19. The molecule has 0 amide bonds. The van der Waals surface area contributed by atoms with Gasteiger partial charge in [0, 0.05) is 18.7 Å². The molecule has 11 heteroatoms. The molecule has 0 saturated carbocycles. The van der Waals surface area contributed by atoms with Gasteiger partial charge in [0.25, 0.3) is 0 Å². The number of alkyl halides is 3. The molecule has 0 aliphatic heterocycles. The van der Waals surface area contributed by atoms with E-state index in [1.165, 1.54) is 23.5 Å². The Bertz CT molecular complexity index is 1180. The molecule has 3 aromatic rings. The van der Waals surface area contributed by atoms with Crippen molar-refractivity contribution in [3.05, 3.63) is 46.9 Å². The first-order chi connectivity index (χ1) is 15.5. The third-order valence-electron chi connectivity index (χ3n) is 4.82. The van der Waals surface area contributed by atoms with Gasteiger partial charge in [-0.15, -0.1) is 10.2 Å². The molecule has 33 heavy (non-hydrogen) atoms. The van der Waals surface area contributed by atoms with E-state index in [4.69, 9.17) is 6.57 Å². The summed E-state index contributed by atoms with van der Waals surface area (Å²) in [5, 5.41) is 10.2. The summed E-state index contributed by atoms with van der Waals surface area (Å²) in [5.74, 6) is 0. The van der Waals surface area contributed by atoms with Gasteiger partial charge in [-0.25, -0.2) is 14.2 Å². The lowest BCUT2D eigenvalue weighted by atomic mass is 9.91. The lowest BCUT2D eigenvalue weighted by Gasteiger charge is -2.16. The number of thiazole rings is 1. The van der Waals surface area contributed by atoms with Gasteiger partial charge < -0.3 is 4.90 Å². The van der Waals surface area contributed by atoms with Crippen molar-refractivity contribution < 1.29 is 13.2 Å². The Labute approximate surface area is 198 Å². The van der Waals surface area contributed by atoms with Crippen molar-refractivity contribution in [1.82, 2.24) is 9.36 Å². The second-order valence-corrected chi connectivity index (χ2v) is 9.85. The highest BCUT2D eigenvalue weighted by Crippen LogP contribution is 2.45. The average molecular weight is 493 g/mol. The summed E-state index contributed by atoms with van der Waals surface area (Å²) in [6.45, 7) is 18.9. The molecule has 0 aliphatic carbocycles. The number of nitrogens with zero attached hydrogens (tertiary/aromatic N) is 6. The van der Waals surface area contributed by atoms with Crippen LogP contribution in [0.3, 0.4) is 0 Å². The maximum Gasteiger partial charge on any atom is 0.416 e. The lowest BCUT2D eigenvalue weighted by Crippen LogP contribution is -2.21. The average Bonchev–Trinajstić information content (AvgIpc) is 3.36. The third-order valence-corrected chi connectivity index (χ3v) is 6.54. The smallest absolute Gasteiger partial charge is 0.349 e. The van der Waals surface area contributed by atoms with E-state index < -0.39 is 11.7 Å². The molecule has 174 valence electrons. The van der Waals surface area contributed by atoms with E-state index in [9.17, 15) is 13.2 Å². The van der Waals surface area contributed by atoms with Crippen LogP contribution in [0.2, 0.25) is 0 Å². The van der Waals surface area contributed by atoms with Gasteiger partial charge in [0.2, 0.25) is 5.69 Å². The van der Waals surface area contributed by atoms with Crippen LogP contribution in [0.1, 0.15) is 45.9 Å². The maximum atomic E-state index is 13.0. The lowest BCUT2D eigenvalue weighted by molar-refractivity contribution is -0.137. The van der Waals surface area contributed by atoms with Gasteiger partial charge in [-0.05, 0) is 42.9 Å². The largest absolute Gasteiger partial charge is 0.416 e. The number of azo groups is 1. The predicted octanol–water partition coefficient (Wildman–Crippen LogP) is 8.40. The Morgan fingerprint density at radius 3 is 2.15 bits per heavy atom. The molecule has 1 aromatic carbocycles. The van der Waals surface area contributed by atoms with Crippen LogP contribution in [0.15, 0.2) is 34.5 Å². The fourth-order valence-corrected chi connectivity index (χ4v) is 4.91. The number of hydrogen-bond donors (Lipinski definition) is 0. The second-order valence-electron chi connectivity index (χ2n) is 8.14. The number of aromatic nitrogens is 2. The van der Waals surface area contributed by atoms with E-state index in [1.807, 2.05) is 39.5 Å². The molecule has 0 atom stereocenters. The van der Waals surface area contributed by atoms with Gasteiger partial charge in [-0.3, -0.25) is 0 Å². The van der Waals surface area contributed by atoms with Crippen molar-refractivity contribution in [3.8, 4) is 11.3 Å². The molecule has 0 fully saturated rings. The molecule has 0 aliphatic rings. The van der Waals surface area contributed by atoms with Crippen LogP contribution in [0.25, 0.3) is 16.1 Å². The fraction of sp³-hybridized carbons (Fsp3) is 0.409. The molecule has 2 aromatic heterocycles. The zero-order chi connectivity index (χ0) is 24.4. The fourth-order valence-electron chi connectivity index (χ4n) is 3.03.